The van der Waals surface area contributed by atoms with E-state index in [4.69, 9.17) is 0 Å². The van der Waals surface area contributed by atoms with Crippen LogP contribution in [0.15, 0.2) is 42.5 Å². The van der Waals surface area contributed by atoms with E-state index < -0.39 is 0 Å². The van der Waals surface area contributed by atoms with Crippen molar-refractivity contribution in [2.24, 2.45) is 5.92 Å². The molecule has 0 heteroatoms. The minimum absolute atomic E-state index is 0. The van der Waals surface area contributed by atoms with E-state index in [-0.39, 0.29) is 14.9 Å². The molecule has 0 amide bonds. The Morgan fingerprint density at radius 3 is 2.21 bits per heavy atom. The van der Waals surface area contributed by atoms with Gasteiger partial charge in [-0.1, -0.05) is 64.3 Å². The molecule has 0 fully saturated rings. The SMILES string of the molecule is C.C.CC1CC=CC1c1ccccc1. The van der Waals surface area contributed by atoms with Gasteiger partial charge in [0.25, 0.3) is 0 Å². The smallest absolute Gasteiger partial charge is 0.00465 e. The number of hydrogen-bond donors (Lipinski definition) is 0. The molecule has 0 radical (unpaired) electrons. The Morgan fingerprint density at radius 2 is 1.71 bits per heavy atom. The fraction of sp³-hybridized carbons (Fsp3) is 0.429. The molecule has 0 spiro atoms. The van der Waals surface area contributed by atoms with Crippen molar-refractivity contribution in [3.8, 4) is 0 Å². The zero-order valence-electron chi connectivity index (χ0n) is 7.40. The lowest BCUT2D eigenvalue weighted by molar-refractivity contribution is 0.564. The maximum absolute atomic E-state index is 2.33. The molecule has 0 nitrogen and oxygen atoms in total. The number of hydrogen-bond acceptors (Lipinski definition) is 0. The van der Waals surface area contributed by atoms with Gasteiger partial charge in [0.05, 0.1) is 0 Å². The van der Waals surface area contributed by atoms with E-state index >= 15 is 0 Å². The first-order chi connectivity index (χ1) is 5.88. The molecule has 1 aromatic carbocycles. The van der Waals surface area contributed by atoms with E-state index in [2.05, 4.69) is 49.4 Å². The van der Waals surface area contributed by atoms with Crippen molar-refractivity contribution < 1.29 is 0 Å². The Bertz CT molecular complexity index is 271. The van der Waals surface area contributed by atoms with Crippen molar-refractivity contribution in [1.29, 1.82) is 0 Å². The van der Waals surface area contributed by atoms with E-state index in [0.29, 0.717) is 5.92 Å². The van der Waals surface area contributed by atoms with Crippen molar-refractivity contribution in [3.63, 3.8) is 0 Å². The predicted octanol–water partition coefficient (Wildman–Crippen LogP) is 4.64. The summed E-state index contributed by atoms with van der Waals surface area (Å²) in [5.41, 5.74) is 1.46. The van der Waals surface area contributed by atoms with Gasteiger partial charge in [-0.3, -0.25) is 0 Å². The van der Waals surface area contributed by atoms with Gasteiger partial charge in [0.15, 0.2) is 0 Å². The minimum Gasteiger partial charge on any atom is -0.0876 e. The van der Waals surface area contributed by atoms with Crippen LogP contribution in [0.2, 0.25) is 0 Å². The largest absolute Gasteiger partial charge is 0.0876 e. The van der Waals surface area contributed by atoms with Crippen molar-refractivity contribution >= 4 is 0 Å². The van der Waals surface area contributed by atoms with Crippen molar-refractivity contribution in [2.75, 3.05) is 0 Å². The first kappa shape index (κ1) is 13.0. The Labute approximate surface area is 88.7 Å². The van der Waals surface area contributed by atoms with Crippen LogP contribution in [-0.2, 0) is 0 Å². The van der Waals surface area contributed by atoms with Gasteiger partial charge in [-0.15, -0.1) is 0 Å². The monoisotopic (exact) mass is 190 g/mol. The molecule has 1 aliphatic carbocycles. The quantitative estimate of drug-likeness (QED) is 0.566. The lowest BCUT2D eigenvalue weighted by atomic mass is 9.90. The average molecular weight is 190 g/mol. The molecule has 0 aromatic heterocycles. The van der Waals surface area contributed by atoms with Gasteiger partial charge in [0.1, 0.15) is 0 Å². The third-order valence-electron chi connectivity index (χ3n) is 2.65. The highest BCUT2D eigenvalue weighted by atomic mass is 14.2. The van der Waals surface area contributed by atoms with Crippen LogP contribution in [-0.4, -0.2) is 0 Å². The minimum atomic E-state index is 0. The molecule has 0 saturated heterocycles. The summed E-state index contributed by atoms with van der Waals surface area (Å²) in [6.07, 6.45) is 5.86. The average Bonchev–Trinajstić information content (AvgIpc) is 2.53. The summed E-state index contributed by atoms with van der Waals surface area (Å²) < 4.78 is 0. The second kappa shape index (κ2) is 5.64. The fourth-order valence-electron chi connectivity index (χ4n) is 1.89. The third-order valence-corrected chi connectivity index (χ3v) is 2.65. The van der Waals surface area contributed by atoms with E-state index in [9.17, 15) is 0 Å². The molecule has 0 aliphatic heterocycles. The van der Waals surface area contributed by atoms with Crippen LogP contribution in [0.1, 0.15) is 39.7 Å². The summed E-state index contributed by atoms with van der Waals surface area (Å²) in [6.45, 7) is 2.32. The number of allylic oxidation sites excluding steroid dienone is 2. The zero-order valence-corrected chi connectivity index (χ0v) is 7.40. The van der Waals surface area contributed by atoms with Crippen LogP contribution in [0.4, 0.5) is 0 Å². The Morgan fingerprint density at radius 1 is 1.07 bits per heavy atom. The molecule has 1 aromatic rings. The summed E-state index contributed by atoms with van der Waals surface area (Å²) in [5, 5.41) is 0. The molecular weight excluding hydrogens is 168 g/mol. The fourth-order valence-corrected chi connectivity index (χ4v) is 1.89. The standard InChI is InChI=1S/C12H14.2CH4/c1-10-6-5-9-12(10)11-7-3-2-4-8-11;;/h2-5,7-10,12H,6H2,1H3;2*1H4. The van der Waals surface area contributed by atoms with Gasteiger partial charge in [0.2, 0.25) is 0 Å². The van der Waals surface area contributed by atoms with Crippen LogP contribution < -0.4 is 0 Å². The second-order valence-corrected chi connectivity index (χ2v) is 3.58. The van der Waals surface area contributed by atoms with Gasteiger partial charge in [-0.2, -0.15) is 0 Å². The summed E-state index contributed by atoms with van der Waals surface area (Å²) in [5.74, 6) is 1.44. The molecular formula is C14H22. The van der Waals surface area contributed by atoms with Crippen molar-refractivity contribution in [1.82, 2.24) is 0 Å². The number of benzene rings is 1. The topological polar surface area (TPSA) is 0 Å². The molecule has 0 N–H and O–H groups in total. The molecule has 0 saturated carbocycles. The zero-order chi connectivity index (χ0) is 8.39. The van der Waals surface area contributed by atoms with Crippen LogP contribution in [0.25, 0.3) is 0 Å². The van der Waals surface area contributed by atoms with Crippen LogP contribution in [0, 0.1) is 5.92 Å². The summed E-state index contributed by atoms with van der Waals surface area (Å²) in [6, 6.07) is 10.8. The Balaban J connectivity index is 0.000000845. The van der Waals surface area contributed by atoms with E-state index in [1.165, 1.54) is 12.0 Å². The highest BCUT2D eigenvalue weighted by Crippen LogP contribution is 2.33. The highest BCUT2D eigenvalue weighted by Gasteiger charge is 2.19. The Kier molecular flexibility index (Phi) is 5.22. The third kappa shape index (κ3) is 2.47. The number of rotatable bonds is 1. The normalized spacial score (nSPS) is 23.8. The molecule has 0 bridgehead atoms. The first-order valence-corrected chi connectivity index (χ1v) is 4.59. The van der Waals surface area contributed by atoms with Gasteiger partial charge in [0, 0.05) is 5.92 Å². The summed E-state index contributed by atoms with van der Waals surface area (Å²) >= 11 is 0. The molecule has 1 aliphatic rings. The maximum Gasteiger partial charge on any atom is 0.00465 e. The van der Waals surface area contributed by atoms with Crippen LogP contribution in [0.3, 0.4) is 0 Å². The van der Waals surface area contributed by atoms with E-state index in [1.807, 2.05) is 0 Å². The van der Waals surface area contributed by atoms with Crippen molar-refractivity contribution in [2.45, 2.75) is 34.1 Å². The van der Waals surface area contributed by atoms with E-state index in [1.54, 1.807) is 0 Å². The Hall–Kier alpha value is -1.04. The molecule has 2 unspecified atom stereocenters. The summed E-state index contributed by atoms with van der Waals surface area (Å²) in [4.78, 5) is 0. The molecule has 0 heterocycles. The van der Waals surface area contributed by atoms with Gasteiger partial charge in [-0.25, -0.2) is 0 Å². The lowest BCUT2D eigenvalue weighted by Gasteiger charge is -2.14. The lowest BCUT2D eigenvalue weighted by Crippen LogP contribution is -2.01. The van der Waals surface area contributed by atoms with Gasteiger partial charge < -0.3 is 0 Å². The maximum atomic E-state index is 2.33. The van der Waals surface area contributed by atoms with Gasteiger partial charge in [-0.05, 0) is 17.9 Å². The van der Waals surface area contributed by atoms with Crippen LogP contribution in [0.5, 0.6) is 0 Å². The van der Waals surface area contributed by atoms with Crippen LogP contribution >= 0.6 is 0 Å². The van der Waals surface area contributed by atoms with E-state index in [0.717, 1.165) is 5.92 Å². The molecule has 2 rings (SSSR count). The second-order valence-electron chi connectivity index (χ2n) is 3.58. The van der Waals surface area contributed by atoms with Gasteiger partial charge >= 0.3 is 0 Å². The first-order valence-electron chi connectivity index (χ1n) is 4.59. The molecule has 2 atom stereocenters. The summed E-state index contributed by atoms with van der Waals surface area (Å²) in [7, 11) is 0. The predicted molar refractivity (Wildman–Crippen MR) is 65.6 cm³/mol. The molecule has 78 valence electrons. The van der Waals surface area contributed by atoms with Crippen molar-refractivity contribution in [3.05, 3.63) is 48.0 Å². The molecule has 14 heavy (non-hydrogen) atoms. The highest BCUT2D eigenvalue weighted by molar-refractivity contribution is 5.27.